The number of nitrogens with one attached hydrogen (secondary N) is 1. The zero-order valence-corrected chi connectivity index (χ0v) is 10.3. The van der Waals surface area contributed by atoms with E-state index in [1.54, 1.807) is 0 Å². The monoisotopic (exact) mass is 268 g/mol. The molecule has 0 heterocycles. The van der Waals surface area contributed by atoms with Crippen molar-refractivity contribution >= 4 is 17.9 Å². The molecule has 0 spiro atoms. The third-order valence-electron chi connectivity index (χ3n) is 2.71. The number of hydrogen-bond donors (Lipinski definition) is 3. The molecule has 19 heavy (non-hydrogen) atoms. The van der Waals surface area contributed by atoms with Crippen LogP contribution in [0.2, 0.25) is 0 Å². The van der Waals surface area contributed by atoms with Gasteiger partial charge in [-0.25, -0.2) is 9.59 Å². The quantitative estimate of drug-likeness (QED) is 0.566. The predicted octanol–water partition coefficient (Wildman–Crippen LogP) is -0.597. The summed E-state index contributed by atoms with van der Waals surface area (Å²) in [5, 5.41) is 19.7. The van der Waals surface area contributed by atoms with Crippen LogP contribution in [0.4, 0.5) is 4.79 Å². The molecular formula is C11H16N4O4. The zero-order chi connectivity index (χ0) is 14.4. The molecule has 0 radical (unpaired) electrons. The Morgan fingerprint density at radius 3 is 2.53 bits per heavy atom. The number of carbonyl (C=O) groups excluding carboxylic acids is 2. The first-order valence-corrected chi connectivity index (χ1v) is 5.91. The summed E-state index contributed by atoms with van der Waals surface area (Å²) in [6.45, 7) is 0.246. The maximum Gasteiger partial charge on any atom is 0.326 e. The Hall–Kier alpha value is -2.30. The van der Waals surface area contributed by atoms with Crippen LogP contribution in [0.1, 0.15) is 25.7 Å². The van der Waals surface area contributed by atoms with Crippen LogP contribution in [0.25, 0.3) is 0 Å². The predicted molar refractivity (Wildman–Crippen MR) is 63.7 cm³/mol. The van der Waals surface area contributed by atoms with Gasteiger partial charge in [-0.1, -0.05) is 0 Å². The van der Waals surface area contributed by atoms with Crippen LogP contribution in [0.15, 0.2) is 0 Å². The van der Waals surface area contributed by atoms with E-state index >= 15 is 0 Å². The van der Waals surface area contributed by atoms with E-state index in [-0.39, 0.29) is 19.0 Å². The Labute approximate surface area is 110 Å². The van der Waals surface area contributed by atoms with Crippen molar-refractivity contribution in [1.29, 1.82) is 5.26 Å². The standard InChI is InChI=1S/C11H16N4O4/c12-4-1-5-15(7-2-3-7)11(19)14-8(10(17)18)6-9(13)16/h7-8H,1-3,5-6H2,(H2,13,16)(H,14,19)(H,17,18)/t8-/m1/s1. The lowest BCUT2D eigenvalue weighted by Gasteiger charge is -2.23. The second kappa shape index (κ2) is 6.58. The molecule has 0 aromatic carbocycles. The average Bonchev–Trinajstić information content (AvgIpc) is 3.12. The molecule has 8 nitrogen and oxygen atoms in total. The minimum absolute atomic E-state index is 0.0522. The topological polar surface area (TPSA) is 137 Å². The number of aliphatic carboxylic acids is 1. The second-order valence-corrected chi connectivity index (χ2v) is 4.34. The van der Waals surface area contributed by atoms with Crippen molar-refractivity contribution in [2.24, 2.45) is 5.73 Å². The number of urea groups is 1. The van der Waals surface area contributed by atoms with Gasteiger partial charge < -0.3 is 21.1 Å². The number of carbonyl (C=O) groups is 3. The lowest BCUT2D eigenvalue weighted by atomic mass is 10.2. The van der Waals surface area contributed by atoms with Gasteiger partial charge in [-0.15, -0.1) is 0 Å². The summed E-state index contributed by atoms with van der Waals surface area (Å²) in [7, 11) is 0. The molecule has 1 aliphatic carbocycles. The van der Waals surface area contributed by atoms with E-state index in [1.165, 1.54) is 4.90 Å². The highest BCUT2D eigenvalue weighted by atomic mass is 16.4. The Morgan fingerprint density at radius 2 is 2.11 bits per heavy atom. The normalized spacial score (nSPS) is 15.1. The van der Waals surface area contributed by atoms with Crippen LogP contribution in [-0.2, 0) is 9.59 Å². The number of amides is 3. The van der Waals surface area contributed by atoms with Crippen molar-refractivity contribution in [3.8, 4) is 6.07 Å². The lowest BCUT2D eigenvalue weighted by Crippen LogP contribution is -2.50. The number of hydrogen-bond acceptors (Lipinski definition) is 4. The number of carboxylic acids is 1. The highest BCUT2D eigenvalue weighted by Gasteiger charge is 2.34. The summed E-state index contributed by atoms with van der Waals surface area (Å²) >= 11 is 0. The molecule has 1 aliphatic rings. The molecule has 3 amide bonds. The maximum atomic E-state index is 11.9. The van der Waals surface area contributed by atoms with Crippen LogP contribution in [0, 0.1) is 11.3 Å². The second-order valence-electron chi connectivity index (χ2n) is 4.34. The Morgan fingerprint density at radius 1 is 1.47 bits per heavy atom. The van der Waals surface area contributed by atoms with Gasteiger partial charge in [-0.3, -0.25) is 4.79 Å². The number of nitrogens with two attached hydrogens (primary N) is 1. The van der Waals surface area contributed by atoms with E-state index < -0.39 is 30.4 Å². The summed E-state index contributed by atoms with van der Waals surface area (Å²) in [5.74, 6) is -2.12. The highest BCUT2D eigenvalue weighted by molar-refractivity contribution is 5.87. The number of nitriles is 1. The Kier molecular flexibility index (Phi) is 5.11. The molecule has 1 rings (SSSR count). The van der Waals surface area contributed by atoms with Gasteiger partial charge in [0.1, 0.15) is 6.04 Å². The summed E-state index contributed by atoms with van der Waals surface area (Å²) in [6, 6.07) is 0.0672. The first-order chi connectivity index (χ1) is 8.95. The number of primary amides is 1. The summed E-state index contributed by atoms with van der Waals surface area (Å²) < 4.78 is 0. The lowest BCUT2D eigenvalue weighted by molar-refractivity contribution is -0.141. The first-order valence-electron chi connectivity index (χ1n) is 5.91. The molecule has 4 N–H and O–H groups in total. The van der Waals surface area contributed by atoms with Gasteiger partial charge in [0.2, 0.25) is 5.91 Å². The zero-order valence-electron chi connectivity index (χ0n) is 10.3. The van der Waals surface area contributed by atoms with Crippen LogP contribution in [-0.4, -0.2) is 46.5 Å². The highest BCUT2D eigenvalue weighted by Crippen LogP contribution is 2.26. The molecule has 8 heteroatoms. The molecule has 0 aliphatic heterocycles. The van der Waals surface area contributed by atoms with Gasteiger partial charge in [0.05, 0.1) is 18.9 Å². The minimum atomic E-state index is -1.34. The van der Waals surface area contributed by atoms with E-state index in [0.717, 1.165) is 12.8 Å². The molecule has 1 atom stereocenters. The van der Waals surface area contributed by atoms with Gasteiger partial charge in [-0.05, 0) is 12.8 Å². The van der Waals surface area contributed by atoms with E-state index in [2.05, 4.69) is 5.32 Å². The summed E-state index contributed by atoms with van der Waals surface area (Å²) in [6.07, 6.45) is 1.40. The summed E-state index contributed by atoms with van der Waals surface area (Å²) in [4.78, 5) is 35.0. The van der Waals surface area contributed by atoms with Crippen molar-refractivity contribution in [3.05, 3.63) is 0 Å². The van der Waals surface area contributed by atoms with Crippen molar-refractivity contribution in [2.75, 3.05) is 6.54 Å². The number of nitrogens with zero attached hydrogens (tertiary/aromatic N) is 2. The molecule has 0 aromatic rings. The van der Waals surface area contributed by atoms with E-state index in [4.69, 9.17) is 16.1 Å². The minimum Gasteiger partial charge on any atom is -0.480 e. The molecule has 0 unspecified atom stereocenters. The van der Waals surface area contributed by atoms with E-state index in [9.17, 15) is 14.4 Å². The van der Waals surface area contributed by atoms with Gasteiger partial charge in [0.25, 0.3) is 0 Å². The van der Waals surface area contributed by atoms with Crippen LogP contribution in [0.3, 0.4) is 0 Å². The van der Waals surface area contributed by atoms with Gasteiger partial charge >= 0.3 is 12.0 Å². The fraction of sp³-hybridized carbons (Fsp3) is 0.636. The third kappa shape index (κ3) is 4.83. The van der Waals surface area contributed by atoms with Gasteiger partial charge in [0, 0.05) is 12.6 Å². The first kappa shape index (κ1) is 14.8. The third-order valence-corrected chi connectivity index (χ3v) is 2.71. The van der Waals surface area contributed by atoms with E-state index in [0.29, 0.717) is 0 Å². The van der Waals surface area contributed by atoms with Crippen LogP contribution < -0.4 is 11.1 Å². The van der Waals surface area contributed by atoms with Crippen molar-refractivity contribution in [2.45, 2.75) is 37.8 Å². The molecule has 0 bridgehead atoms. The van der Waals surface area contributed by atoms with E-state index in [1.807, 2.05) is 6.07 Å². The maximum absolute atomic E-state index is 11.9. The van der Waals surface area contributed by atoms with Crippen LogP contribution >= 0.6 is 0 Å². The smallest absolute Gasteiger partial charge is 0.326 e. The Balaban J connectivity index is 2.60. The average molecular weight is 268 g/mol. The number of rotatable bonds is 7. The number of carboxylic acid groups (broad SMARTS) is 1. The van der Waals surface area contributed by atoms with Crippen molar-refractivity contribution < 1.29 is 19.5 Å². The van der Waals surface area contributed by atoms with Gasteiger partial charge in [-0.2, -0.15) is 5.26 Å². The van der Waals surface area contributed by atoms with Crippen molar-refractivity contribution in [3.63, 3.8) is 0 Å². The molecule has 0 aromatic heterocycles. The molecular weight excluding hydrogens is 252 g/mol. The molecule has 104 valence electrons. The summed E-state index contributed by atoms with van der Waals surface area (Å²) in [5.41, 5.74) is 4.93. The molecule has 1 saturated carbocycles. The molecule has 0 saturated heterocycles. The van der Waals surface area contributed by atoms with Crippen molar-refractivity contribution in [1.82, 2.24) is 10.2 Å². The fourth-order valence-corrected chi connectivity index (χ4v) is 1.64. The van der Waals surface area contributed by atoms with Crippen LogP contribution in [0.5, 0.6) is 0 Å². The Bertz CT molecular complexity index is 413. The van der Waals surface area contributed by atoms with Gasteiger partial charge in [0.15, 0.2) is 0 Å². The largest absolute Gasteiger partial charge is 0.480 e. The SMILES string of the molecule is N#CCCN(C(=O)N[C@H](CC(N)=O)C(=O)O)C1CC1. The molecule has 1 fully saturated rings. The fourth-order valence-electron chi connectivity index (χ4n) is 1.64.